The van der Waals surface area contributed by atoms with Gasteiger partial charge < -0.3 is 19.3 Å². The number of phenolic OH excluding ortho intramolecular Hbond substituents is 1. The summed E-state index contributed by atoms with van der Waals surface area (Å²) in [5.74, 6) is 0.700. The van der Waals surface area contributed by atoms with Gasteiger partial charge in [-0.1, -0.05) is 34.1 Å². The Morgan fingerprint density at radius 2 is 2.08 bits per heavy atom. The van der Waals surface area contributed by atoms with Gasteiger partial charge in [0.1, 0.15) is 0 Å². The van der Waals surface area contributed by atoms with Crippen molar-refractivity contribution in [3.63, 3.8) is 0 Å². The lowest BCUT2D eigenvalue weighted by molar-refractivity contribution is -0.176. The van der Waals surface area contributed by atoms with Crippen molar-refractivity contribution in [1.29, 1.82) is 0 Å². The number of hydrogen-bond donors (Lipinski definition) is 1. The summed E-state index contributed by atoms with van der Waals surface area (Å²) in [6, 6.07) is 1.81. The van der Waals surface area contributed by atoms with Crippen molar-refractivity contribution in [2.75, 3.05) is 7.11 Å². The lowest BCUT2D eigenvalue weighted by atomic mass is 9.52. The molecule has 142 valence electrons. The van der Waals surface area contributed by atoms with E-state index >= 15 is 0 Å². The van der Waals surface area contributed by atoms with Crippen LogP contribution in [0.5, 0.6) is 11.5 Å². The van der Waals surface area contributed by atoms with Crippen LogP contribution in [0.2, 0.25) is 0 Å². The molecule has 1 N–H and O–H groups in total. The highest BCUT2D eigenvalue weighted by molar-refractivity contribution is 5.83. The summed E-state index contributed by atoms with van der Waals surface area (Å²) in [5.41, 5.74) is 1.59. The van der Waals surface area contributed by atoms with Gasteiger partial charge in [-0.2, -0.15) is 0 Å². The zero-order valence-electron chi connectivity index (χ0n) is 16.2. The third-order valence-corrected chi connectivity index (χ3v) is 6.74. The quantitative estimate of drug-likeness (QED) is 0.822. The lowest BCUT2D eigenvalue weighted by Gasteiger charge is -2.52. The molecule has 0 radical (unpaired) electrons. The van der Waals surface area contributed by atoms with Gasteiger partial charge in [-0.25, -0.2) is 0 Å². The van der Waals surface area contributed by atoms with Crippen LogP contribution in [0.4, 0.5) is 0 Å². The molecule has 3 aliphatic rings. The molecular formula is C21H28O5. The largest absolute Gasteiger partial charge is 0.504 e. The minimum Gasteiger partial charge on any atom is -0.504 e. The van der Waals surface area contributed by atoms with E-state index in [0.717, 1.165) is 36.7 Å². The Bertz CT molecular complexity index is 753. The molecule has 4 rings (SSSR count). The molecule has 26 heavy (non-hydrogen) atoms. The molecular weight excluding hydrogens is 332 g/mol. The predicted molar refractivity (Wildman–Crippen MR) is 96.7 cm³/mol. The predicted octanol–water partition coefficient (Wildman–Crippen LogP) is 4.11. The van der Waals surface area contributed by atoms with Gasteiger partial charge in [-0.05, 0) is 30.2 Å². The van der Waals surface area contributed by atoms with Gasteiger partial charge in [-0.3, -0.25) is 4.79 Å². The Balaban J connectivity index is 2.04. The summed E-state index contributed by atoms with van der Waals surface area (Å²) in [6.07, 6.45) is 2.86. The van der Waals surface area contributed by atoms with E-state index in [2.05, 4.69) is 13.8 Å². The maximum Gasteiger partial charge on any atom is 0.207 e. The first-order chi connectivity index (χ1) is 12.3. The minimum atomic E-state index is -0.485. The molecule has 1 aromatic carbocycles. The topological polar surface area (TPSA) is 65.0 Å². The van der Waals surface area contributed by atoms with E-state index < -0.39 is 18.0 Å². The van der Waals surface area contributed by atoms with Crippen LogP contribution in [0, 0.1) is 11.3 Å². The van der Waals surface area contributed by atoms with E-state index in [9.17, 15) is 9.90 Å². The molecule has 4 unspecified atom stereocenters. The number of phenols is 1. The van der Waals surface area contributed by atoms with E-state index in [1.54, 1.807) is 7.11 Å². The van der Waals surface area contributed by atoms with Crippen molar-refractivity contribution < 1.29 is 24.1 Å². The lowest BCUT2D eigenvalue weighted by Crippen LogP contribution is -2.55. The zero-order valence-corrected chi connectivity index (χ0v) is 16.2. The molecule has 0 spiro atoms. The number of fused-ring (bicyclic) bond motifs is 1. The van der Waals surface area contributed by atoms with Crippen LogP contribution in [-0.2, 0) is 14.9 Å². The molecule has 1 saturated heterocycles. The van der Waals surface area contributed by atoms with Crippen LogP contribution in [0.15, 0.2) is 6.07 Å². The molecule has 1 aromatic rings. The van der Waals surface area contributed by atoms with Crippen molar-refractivity contribution in [1.82, 2.24) is 0 Å². The van der Waals surface area contributed by atoms with Crippen molar-refractivity contribution in [3.8, 4) is 11.5 Å². The second-order valence-electron chi connectivity index (χ2n) is 8.93. The molecule has 0 amide bonds. The van der Waals surface area contributed by atoms with E-state index in [0.29, 0.717) is 11.3 Å². The average Bonchev–Trinajstić information content (AvgIpc) is 2.84. The molecule has 5 nitrogen and oxygen atoms in total. The highest BCUT2D eigenvalue weighted by Crippen LogP contribution is 2.66. The molecule has 0 aromatic heterocycles. The van der Waals surface area contributed by atoms with Gasteiger partial charge in [0.15, 0.2) is 24.1 Å². The Hall–Kier alpha value is -1.59. The smallest absolute Gasteiger partial charge is 0.207 e. The van der Waals surface area contributed by atoms with E-state index in [1.165, 1.54) is 0 Å². The van der Waals surface area contributed by atoms with Crippen LogP contribution >= 0.6 is 0 Å². The van der Waals surface area contributed by atoms with E-state index in [-0.39, 0.29) is 23.0 Å². The normalized spacial score (nSPS) is 34.2. The monoisotopic (exact) mass is 360 g/mol. The molecule has 1 aliphatic carbocycles. The maximum atomic E-state index is 12.0. The molecule has 2 fully saturated rings. The van der Waals surface area contributed by atoms with Gasteiger partial charge in [0.25, 0.3) is 0 Å². The number of aromatic hydroxyl groups is 1. The zero-order chi connectivity index (χ0) is 18.9. The molecule has 1 saturated carbocycles. The molecule has 2 bridgehead atoms. The second-order valence-corrected chi connectivity index (χ2v) is 8.93. The maximum absolute atomic E-state index is 12.0. The van der Waals surface area contributed by atoms with Gasteiger partial charge in [0, 0.05) is 29.7 Å². The number of benzene rings is 1. The molecule has 4 atom stereocenters. The van der Waals surface area contributed by atoms with Gasteiger partial charge in [0.2, 0.25) is 6.29 Å². The third-order valence-electron chi connectivity index (χ3n) is 6.74. The number of hydrogen-bond acceptors (Lipinski definition) is 5. The molecule has 2 aliphatic heterocycles. The van der Waals surface area contributed by atoms with Gasteiger partial charge >= 0.3 is 0 Å². The van der Waals surface area contributed by atoms with Gasteiger partial charge in [0.05, 0.1) is 5.41 Å². The van der Waals surface area contributed by atoms with Crippen molar-refractivity contribution >= 4 is 6.29 Å². The van der Waals surface area contributed by atoms with E-state index in [1.807, 2.05) is 19.9 Å². The first-order valence-corrected chi connectivity index (χ1v) is 9.48. The molecule has 5 heteroatoms. The fourth-order valence-electron chi connectivity index (χ4n) is 5.73. The fraction of sp³-hybridized carbons (Fsp3) is 0.667. The highest BCUT2D eigenvalue weighted by Gasteiger charge is 2.68. The average molecular weight is 360 g/mol. The second kappa shape index (κ2) is 5.70. The number of methoxy groups -OCH3 is 1. The van der Waals surface area contributed by atoms with E-state index in [4.69, 9.17) is 14.2 Å². The number of rotatable bonds is 3. The third kappa shape index (κ3) is 2.07. The minimum absolute atomic E-state index is 0.0135. The summed E-state index contributed by atoms with van der Waals surface area (Å²) in [5, 5.41) is 10.9. The number of ether oxygens (including phenoxy) is 3. The first-order valence-electron chi connectivity index (χ1n) is 9.48. The SMILES string of the molecule is COC1OC2Oc3c(O)c(C(C)C)cc(C=O)c3C13CCCC(C)(C)C23. The summed E-state index contributed by atoms with van der Waals surface area (Å²) in [7, 11) is 1.64. The van der Waals surface area contributed by atoms with Gasteiger partial charge in [-0.15, -0.1) is 0 Å². The van der Waals surface area contributed by atoms with Crippen molar-refractivity contribution in [2.45, 2.75) is 70.9 Å². The summed E-state index contributed by atoms with van der Waals surface area (Å²) >= 11 is 0. The molecule has 2 heterocycles. The number of carbonyl (C=O) groups excluding carboxylic acids is 1. The first kappa shape index (κ1) is 17.8. The summed E-state index contributed by atoms with van der Waals surface area (Å²) in [4.78, 5) is 12.0. The van der Waals surface area contributed by atoms with Crippen LogP contribution in [0.1, 0.15) is 74.4 Å². The Labute approximate surface area is 154 Å². The van der Waals surface area contributed by atoms with Crippen LogP contribution in [0.3, 0.4) is 0 Å². The standard InChI is InChI=1S/C21H28O5/c1-11(2)13-9-12(10-22)14-16(15(13)23)25-18-17-20(3,4)7-6-8-21(14,17)19(24-5)26-18/h9-11,17-19,23H,6-8H2,1-5H3. The summed E-state index contributed by atoms with van der Waals surface area (Å²) < 4.78 is 18.1. The van der Waals surface area contributed by atoms with Crippen molar-refractivity contribution in [3.05, 3.63) is 22.8 Å². The summed E-state index contributed by atoms with van der Waals surface area (Å²) in [6.45, 7) is 8.45. The number of aldehydes is 1. The fourth-order valence-corrected chi connectivity index (χ4v) is 5.73. The number of carbonyl (C=O) groups is 1. The van der Waals surface area contributed by atoms with Crippen LogP contribution in [-0.4, -0.2) is 31.1 Å². The van der Waals surface area contributed by atoms with Crippen LogP contribution < -0.4 is 4.74 Å². The Morgan fingerprint density at radius 3 is 2.69 bits per heavy atom. The van der Waals surface area contributed by atoms with Crippen LogP contribution in [0.25, 0.3) is 0 Å². The Kier molecular flexibility index (Phi) is 3.90. The highest BCUT2D eigenvalue weighted by atomic mass is 16.8. The Morgan fingerprint density at radius 1 is 1.35 bits per heavy atom. The van der Waals surface area contributed by atoms with Crippen molar-refractivity contribution in [2.24, 2.45) is 11.3 Å².